The lowest BCUT2D eigenvalue weighted by atomic mass is 9.75. The molecule has 1 fully saturated rings. The molecule has 1 saturated heterocycles. The Kier molecular flexibility index (Phi) is 4.27. The molecule has 0 atom stereocenters. The monoisotopic (exact) mass is 297 g/mol. The number of aliphatic carboxylic acids is 1. The van der Waals surface area contributed by atoms with E-state index in [0.717, 1.165) is 6.42 Å². The molecule has 0 unspecified atom stereocenters. The molecule has 0 aliphatic carbocycles. The van der Waals surface area contributed by atoms with Crippen molar-refractivity contribution in [3.63, 3.8) is 0 Å². The molecule has 0 spiro atoms. The number of likely N-dealkylation sites (tertiary alicyclic amines) is 1. The van der Waals surface area contributed by atoms with Crippen LogP contribution in [-0.4, -0.2) is 40.0 Å². The Bertz CT molecular complexity index is 507. The third-order valence-corrected chi connectivity index (χ3v) is 4.60. The molecule has 1 aromatic rings. The number of hydrogen-bond donors (Lipinski definition) is 2. The van der Waals surface area contributed by atoms with Gasteiger partial charge in [-0.05, 0) is 19.3 Å². The first-order chi connectivity index (χ1) is 9.48. The van der Waals surface area contributed by atoms with Crippen LogP contribution in [0.2, 0.25) is 0 Å². The summed E-state index contributed by atoms with van der Waals surface area (Å²) in [7, 11) is 0. The zero-order chi connectivity index (χ0) is 14.8. The summed E-state index contributed by atoms with van der Waals surface area (Å²) in [5.41, 5.74) is 5.21. The highest BCUT2D eigenvalue weighted by atomic mass is 32.1. The minimum absolute atomic E-state index is 0.159. The average Bonchev–Trinajstić information content (AvgIpc) is 2.85. The number of carbonyl (C=O) groups excluding carboxylic acids is 1. The normalized spacial score (nSPS) is 17.9. The summed E-state index contributed by atoms with van der Waals surface area (Å²) in [6, 6.07) is 0. The number of nitrogens with zero attached hydrogens (tertiary/aromatic N) is 2. The Morgan fingerprint density at radius 1 is 1.50 bits per heavy atom. The quantitative estimate of drug-likeness (QED) is 0.883. The van der Waals surface area contributed by atoms with Gasteiger partial charge in [-0.15, -0.1) is 11.3 Å². The van der Waals surface area contributed by atoms with Crippen molar-refractivity contribution in [1.29, 1.82) is 0 Å². The van der Waals surface area contributed by atoms with Crippen molar-refractivity contribution in [3.8, 4) is 0 Å². The summed E-state index contributed by atoms with van der Waals surface area (Å²) in [4.78, 5) is 29.4. The van der Waals surface area contributed by atoms with Crippen LogP contribution in [0.15, 0.2) is 5.38 Å². The maximum Gasteiger partial charge on any atom is 0.309 e. The molecule has 0 radical (unpaired) electrons. The topological polar surface area (TPSA) is 96.5 Å². The van der Waals surface area contributed by atoms with Gasteiger partial charge in [-0.2, -0.15) is 0 Å². The molecule has 110 valence electrons. The van der Waals surface area contributed by atoms with Crippen LogP contribution in [0.5, 0.6) is 0 Å². The highest BCUT2D eigenvalue weighted by molar-refractivity contribution is 7.13. The van der Waals surface area contributed by atoms with Crippen molar-refractivity contribution in [2.24, 2.45) is 5.41 Å². The lowest BCUT2D eigenvalue weighted by molar-refractivity contribution is -0.152. The highest BCUT2D eigenvalue weighted by Gasteiger charge is 2.41. The van der Waals surface area contributed by atoms with E-state index in [2.05, 4.69) is 4.98 Å². The van der Waals surface area contributed by atoms with E-state index in [0.29, 0.717) is 43.2 Å². The van der Waals surface area contributed by atoms with Gasteiger partial charge in [0.25, 0.3) is 5.91 Å². The summed E-state index contributed by atoms with van der Waals surface area (Å²) in [5, 5.41) is 11.4. The number of carbonyl (C=O) groups is 2. The Morgan fingerprint density at radius 3 is 2.60 bits per heavy atom. The number of amides is 1. The fourth-order valence-corrected chi connectivity index (χ4v) is 3.27. The number of rotatable bonds is 4. The number of nitrogen functional groups attached to an aromatic ring is 1. The third kappa shape index (κ3) is 2.77. The van der Waals surface area contributed by atoms with Gasteiger partial charge in [-0.25, -0.2) is 4.98 Å². The van der Waals surface area contributed by atoms with Gasteiger partial charge in [0, 0.05) is 18.5 Å². The molecule has 3 N–H and O–H groups in total. The van der Waals surface area contributed by atoms with Crippen LogP contribution in [0.25, 0.3) is 0 Å². The van der Waals surface area contributed by atoms with E-state index in [1.54, 1.807) is 10.3 Å². The number of piperidine rings is 1. The van der Waals surface area contributed by atoms with Crippen molar-refractivity contribution in [2.75, 3.05) is 18.8 Å². The molecule has 1 amide bonds. The minimum atomic E-state index is -0.746. The van der Waals surface area contributed by atoms with Crippen LogP contribution in [-0.2, 0) is 4.79 Å². The molecule has 2 heterocycles. The third-order valence-electron chi connectivity index (χ3n) is 3.93. The molecule has 1 aliphatic heterocycles. The van der Waals surface area contributed by atoms with E-state index < -0.39 is 11.4 Å². The molecule has 0 saturated carbocycles. The molecule has 1 aliphatic rings. The van der Waals surface area contributed by atoms with Crippen molar-refractivity contribution >= 4 is 28.3 Å². The van der Waals surface area contributed by atoms with Crippen molar-refractivity contribution in [3.05, 3.63) is 11.1 Å². The van der Waals surface area contributed by atoms with Crippen molar-refractivity contribution in [2.45, 2.75) is 32.6 Å². The van der Waals surface area contributed by atoms with Crippen LogP contribution in [0.3, 0.4) is 0 Å². The zero-order valence-electron chi connectivity index (χ0n) is 11.5. The second-order valence-electron chi connectivity index (χ2n) is 5.20. The van der Waals surface area contributed by atoms with Gasteiger partial charge in [0.05, 0.1) is 5.41 Å². The van der Waals surface area contributed by atoms with Gasteiger partial charge >= 0.3 is 5.97 Å². The maximum atomic E-state index is 12.2. The number of nitrogens with two attached hydrogens (primary N) is 1. The summed E-state index contributed by atoms with van der Waals surface area (Å²) in [6.45, 7) is 2.91. The van der Waals surface area contributed by atoms with E-state index in [9.17, 15) is 14.7 Å². The van der Waals surface area contributed by atoms with E-state index in [1.165, 1.54) is 11.3 Å². The molecule has 20 heavy (non-hydrogen) atoms. The first kappa shape index (κ1) is 14.8. The van der Waals surface area contributed by atoms with E-state index >= 15 is 0 Å². The minimum Gasteiger partial charge on any atom is -0.481 e. The van der Waals surface area contributed by atoms with Gasteiger partial charge in [0.1, 0.15) is 5.69 Å². The fourth-order valence-electron chi connectivity index (χ4n) is 2.74. The predicted molar refractivity (Wildman–Crippen MR) is 76.6 cm³/mol. The summed E-state index contributed by atoms with van der Waals surface area (Å²) in [6.07, 6.45) is 2.50. The molecular formula is C13H19N3O3S. The Labute approximate surface area is 121 Å². The first-order valence-electron chi connectivity index (χ1n) is 6.72. The molecular weight excluding hydrogens is 278 g/mol. The van der Waals surface area contributed by atoms with Crippen LogP contribution in [0.4, 0.5) is 5.13 Å². The predicted octanol–water partition coefficient (Wildman–Crippen LogP) is 1.83. The van der Waals surface area contributed by atoms with Crippen molar-refractivity contribution < 1.29 is 14.7 Å². The Hall–Kier alpha value is -1.63. The Balaban J connectivity index is 2.03. The van der Waals surface area contributed by atoms with E-state index in [4.69, 9.17) is 5.73 Å². The largest absolute Gasteiger partial charge is 0.481 e. The summed E-state index contributed by atoms with van der Waals surface area (Å²) < 4.78 is 0. The molecule has 6 nitrogen and oxygen atoms in total. The van der Waals surface area contributed by atoms with Crippen LogP contribution >= 0.6 is 11.3 Å². The first-order valence-corrected chi connectivity index (χ1v) is 7.60. The summed E-state index contributed by atoms with van der Waals surface area (Å²) >= 11 is 1.23. The number of carboxylic acid groups (broad SMARTS) is 1. The number of anilines is 1. The van der Waals surface area contributed by atoms with Gasteiger partial charge in [0.15, 0.2) is 5.13 Å². The smallest absolute Gasteiger partial charge is 0.309 e. The Morgan fingerprint density at radius 2 is 2.15 bits per heavy atom. The second kappa shape index (κ2) is 5.78. The average molecular weight is 297 g/mol. The highest BCUT2D eigenvalue weighted by Crippen LogP contribution is 2.36. The van der Waals surface area contributed by atoms with Crippen LogP contribution < -0.4 is 5.73 Å². The standard InChI is InChI=1S/C13H19N3O3S/c1-2-3-13(11(18)19)4-6-16(7-5-13)10(17)9-8-20-12(14)15-9/h8H,2-7H2,1H3,(H2,14,15)(H,18,19). The van der Waals surface area contributed by atoms with Crippen molar-refractivity contribution in [1.82, 2.24) is 9.88 Å². The molecule has 1 aromatic heterocycles. The number of carboxylic acids is 1. The molecule has 7 heteroatoms. The van der Waals surface area contributed by atoms with Gasteiger partial charge in [-0.3, -0.25) is 9.59 Å². The number of aromatic nitrogens is 1. The van der Waals surface area contributed by atoms with E-state index in [1.807, 2.05) is 6.92 Å². The lowest BCUT2D eigenvalue weighted by Gasteiger charge is -2.38. The molecule has 2 rings (SSSR count). The van der Waals surface area contributed by atoms with Crippen LogP contribution in [0.1, 0.15) is 43.1 Å². The maximum absolute atomic E-state index is 12.2. The van der Waals surface area contributed by atoms with Crippen LogP contribution in [0, 0.1) is 5.41 Å². The lowest BCUT2D eigenvalue weighted by Crippen LogP contribution is -2.46. The van der Waals surface area contributed by atoms with Gasteiger partial charge in [-0.1, -0.05) is 13.3 Å². The zero-order valence-corrected chi connectivity index (χ0v) is 12.3. The molecule has 0 aromatic carbocycles. The number of hydrogen-bond acceptors (Lipinski definition) is 5. The van der Waals surface area contributed by atoms with E-state index in [-0.39, 0.29) is 5.91 Å². The SMILES string of the molecule is CCCC1(C(=O)O)CCN(C(=O)c2csc(N)n2)CC1. The molecule has 0 bridgehead atoms. The fraction of sp³-hybridized carbons (Fsp3) is 0.615. The van der Waals surface area contributed by atoms with Gasteiger partial charge in [0.2, 0.25) is 0 Å². The summed E-state index contributed by atoms with van der Waals surface area (Å²) in [5.74, 6) is -0.905. The number of thiazole rings is 1. The second-order valence-corrected chi connectivity index (χ2v) is 6.09. The van der Waals surface area contributed by atoms with Gasteiger partial charge < -0.3 is 15.7 Å².